The van der Waals surface area contributed by atoms with Crippen molar-refractivity contribution in [3.63, 3.8) is 0 Å². The predicted molar refractivity (Wildman–Crippen MR) is 77.0 cm³/mol. The molecule has 2 rings (SSSR count). The standard InChI is InChI=1S/C15H22N2O3/c1-19-13-4-3-12(14(9-13)20-2)10-17-15(18)11-5-7-16-8-6-11/h3-4,9,11,16H,5-8,10H2,1-2H3,(H,17,18). The van der Waals surface area contributed by atoms with Gasteiger partial charge < -0.3 is 20.1 Å². The number of nitrogens with one attached hydrogen (secondary N) is 2. The zero-order valence-electron chi connectivity index (χ0n) is 12.1. The molecule has 1 heterocycles. The van der Waals surface area contributed by atoms with E-state index in [0.29, 0.717) is 6.54 Å². The van der Waals surface area contributed by atoms with Crippen molar-refractivity contribution in [2.24, 2.45) is 5.92 Å². The van der Waals surface area contributed by atoms with Gasteiger partial charge in [-0.1, -0.05) is 0 Å². The van der Waals surface area contributed by atoms with E-state index in [1.165, 1.54) is 0 Å². The van der Waals surface area contributed by atoms with Crippen LogP contribution < -0.4 is 20.1 Å². The molecule has 0 radical (unpaired) electrons. The highest BCUT2D eigenvalue weighted by molar-refractivity contribution is 5.78. The lowest BCUT2D eigenvalue weighted by Gasteiger charge is -2.22. The van der Waals surface area contributed by atoms with E-state index in [-0.39, 0.29) is 11.8 Å². The molecule has 0 atom stereocenters. The Morgan fingerprint density at radius 3 is 2.70 bits per heavy atom. The molecular weight excluding hydrogens is 256 g/mol. The van der Waals surface area contributed by atoms with Crippen LogP contribution in [0.4, 0.5) is 0 Å². The minimum atomic E-state index is 0.125. The van der Waals surface area contributed by atoms with Crippen LogP contribution in [-0.2, 0) is 11.3 Å². The normalized spacial score (nSPS) is 15.7. The van der Waals surface area contributed by atoms with Gasteiger partial charge in [-0.05, 0) is 38.1 Å². The number of piperidine rings is 1. The molecule has 0 aliphatic carbocycles. The van der Waals surface area contributed by atoms with E-state index in [0.717, 1.165) is 43.0 Å². The molecule has 5 heteroatoms. The van der Waals surface area contributed by atoms with Crippen molar-refractivity contribution >= 4 is 5.91 Å². The number of ether oxygens (including phenoxy) is 2. The Balaban J connectivity index is 1.94. The average molecular weight is 278 g/mol. The molecule has 0 aromatic heterocycles. The van der Waals surface area contributed by atoms with Crippen LogP contribution in [-0.4, -0.2) is 33.2 Å². The first-order valence-electron chi connectivity index (χ1n) is 6.94. The molecule has 1 aliphatic heterocycles. The minimum Gasteiger partial charge on any atom is -0.497 e. The van der Waals surface area contributed by atoms with Crippen molar-refractivity contribution in [2.75, 3.05) is 27.3 Å². The summed E-state index contributed by atoms with van der Waals surface area (Å²) >= 11 is 0. The summed E-state index contributed by atoms with van der Waals surface area (Å²) in [6.45, 7) is 2.32. The van der Waals surface area contributed by atoms with Gasteiger partial charge in [-0.15, -0.1) is 0 Å². The second-order valence-electron chi connectivity index (χ2n) is 4.92. The van der Waals surface area contributed by atoms with Gasteiger partial charge in [0, 0.05) is 24.1 Å². The molecule has 20 heavy (non-hydrogen) atoms. The van der Waals surface area contributed by atoms with Crippen LogP contribution in [0.1, 0.15) is 18.4 Å². The van der Waals surface area contributed by atoms with Gasteiger partial charge in [0.25, 0.3) is 0 Å². The summed E-state index contributed by atoms with van der Waals surface area (Å²) in [5.41, 5.74) is 0.954. The third kappa shape index (κ3) is 3.63. The van der Waals surface area contributed by atoms with E-state index >= 15 is 0 Å². The average Bonchev–Trinajstić information content (AvgIpc) is 2.53. The van der Waals surface area contributed by atoms with E-state index in [9.17, 15) is 4.79 Å². The Bertz CT molecular complexity index is 456. The highest BCUT2D eigenvalue weighted by atomic mass is 16.5. The lowest BCUT2D eigenvalue weighted by molar-refractivity contribution is -0.125. The number of rotatable bonds is 5. The van der Waals surface area contributed by atoms with E-state index < -0.39 is 0 Å². The van der Waals surface area contributed by atoms with Gasteiger partial charge in [0.15, 0.2) is 0 Å². The number of methoxy groups -OCH3 is 2. The smallest absolute Gasteiger partial charge is 0.223 e. The number of benzene rings is 1. The Labute approximate surface area is 119 Å². The monoisotopic (exact) mass is 278 g/mol. The summed E-state index contributed by atoms with van der Waals surface area (Å²) in [7, 11) is 3.24. The Morgan fingerprint density at radius 2 is 2.05 bits per heavy atom. The van der Waals surface area contributed by atoms with Gasteiger partial charge in [-0.25, -0.2) is 0 Å². The van der Waals surface area contributed by atoms with E-state index in [1.54, 1.807) is 14.2 Å². The van der Waals surface area contributed by atoms with Crippen LogP contribution >= 0.6 is 0 Å². The van der Waals surface area contributed by atoms with Gasteiger partial charge in [0.05, 0.1) is 14.2 Å². The van der Waals surface area contributed by atoms with Crippen LogP contribution in [0.2, 0.25) is 0 Å². The number of amides is 1. The van der Waals surface area contributed by atoms with Crippen molar-refractivity contribution < 1.29 is 14.3 Å². The SMILES string of the molecule is COc1ccc(CNC(=O)C2CCNCC2)c(OC)c1. The summed E-state index contributed by atoms with van der Waals surface area (Å²) in [6, 6.07) is 5.61. The topological polar surface area (TPSA) is 59.6 Å². The van der Waals surface area contributed by atoms with Crippen molar-refractivity contribution in [1.82, 2.24) is 10.6 Å². The molecule has 1 fully saturated rings. The number of carbonyl (C=O) groups is 1. The molecule has 2 N–H and O–H groups in total. The van der Waals surface area contributed by atoms with Crippen molar-refractivity contribution in [3.05, 3.63) is 23.8 Å². The number of carbonyl (C=O) groups excluding carboxylic acids is 1. The predicted octanol–water partition coefficient (Wildman–Crippen LogP) is 1.32. The quantitative estimate of drug-likeness (QED) is 0.853. The summed E-state index contributed by atoms with van der Waals surface area (Å²) < 4.78 is 10.5. The number of hydrogen-bond acceptors (Lipinski definition) is 4. The van der Waals surface area contributed by atoms with Crippen LogP contribution in [0.5, 0.6) is 11.5 Å². The van der Waals surface area contributed by atoms with Gasteiger partial charge in [0.1, 0.15) is 11.5 Å². The molecule has 1 aliphatic rings. The first-order valence-corrected chi connectivity index (χ1v) is 6.94. The molecule has 1 aromatic rings. The lowest BCUT2D eigenvalue weighted by Crippen LogP contribution is -2.37. The molecule has 0 unspecified atom stereocenters. The van der Waals surface area contributed by atoms with Crippen LogP contribution in [0.3, 0.4) is 0 Å². The van der Waals surface area contributed by atoms with Crippen LogP contribution in [0, 0.1) is 5.92 Å². The van der Waals surface area contributed by atoms with Gasteiger partial charge in [-0.2, -0.15) is 0 Å². The fourth-order valence-electron chi connectivity index (χ4n) is 2.41. The van der Waals surface area contributed by atoms with Gasteiger partial charge in [0.2, 0.25) is 5.91 Å². The van der Waals surface area contributed by atoms with Gasteiger partial charge >= 0.3 is 0 Å². The summed E-state index contributed by atoms with van der Waals surface area (Å²) in [4.78, 5) is 12.1. The summed E-state index contributed by atoms with van der Waals surface area (Å²) in [5.74, 6) is 1.73. The van der Waals surface area contributed by atoms with E-state index in [4.69, 9.17) is 9.47 Å². The highest BCUT2D eigenvalue weighted by Gasteiger charge is 2.20. The molecule has 0 saturated carbocycles. The third-order valence-corrected chi connectivity index (χ3v) is 3.66. The fraction of sp³-hybridized carbons (Fsp3) is 0.533. The maximum atomic E-state index is 12.1. The zero-order chi connectivity index (χ0) is 14.4. The molecule has 110 valence electrons. The largest absolute Gasteiger partial charge is 0.497 e. The second kappa shape index (κ2) is 7.14. The Morgan fingerprint density at radius 1 is 1.30 bits per heavy atom. The minimum absolute atomic E-state index is 0.125. The Kier molecular flexibility index (Phi) is 5.24. The number of hydrogen-bond donors (Lipinski definition) is 2. The van der Waals surface area contributed by atoms with E-state index in [1.807, 2.05) is 18.2 Å². The van der Waals surface area contributed by atoms with Crippen molar-refractivity contribution in [3.8, 4) is 11.5 Å². The first kappa shape index (κ1) is 14.7. The van der Waals surface area contributed by atoms with Gasteiger partial charge in [-0.3, -0.25) is 4.79 Å². The zero-order valence-corrected chi connectivity index (χ0v) is 12.1. The molecule has 5 nitrogen and oxygen atoms in total. The van der Waals surface area contributed by atoms with Crippen molar-refractivity contribution in [1.29, 1.82) is 0 Å². The third-order valence-electron chi connectivity index (χ3n) is 3.66. The second-order valence-corrected chi connectivity index (χ2v) is 4.92. The summed E-state index contributed by atoms with van der Waals surface area (Å²) in [6.07, 6.45) is 1.82. The molecule has 1 saturated heterocycles. The first-order chi connectivity index (χ1) is 9.74. The molecule has 0 spiro atoms. The van der Waals surface area contributed by atoms with E-state index in [2.05, 4.69) is 10.6 Å². The summed E-state index contributed by atoms with van der Waals surface area (Å²) in [5, 5.41) is 6.25. The Hall–Kier alpha value is -1.75. The van der Waals surface area contributed by atoms with Crippen LogP contribution in [0.25, 0.3) is 0 Å². The fourth-order valence-corrected chi connectivity index (χ4v) is 2.41. The molecule has 1 aromatic carbocycles. The molecular formula is C15H22N2O3. The lowest BCUT2D eigenvalue weighted by atomic mass is 9.97. The van der Waals surface area contributed by atoms with Crippen molar-refractivity contribution in [2.45, 2.75) is 19.4 Å². The molecule has 1 amide bonds. The van der Waals surface area contributed by atoms with Crippen LogP contribution in [0.15, 0.2) is 18.2 Å². The maximum absolute atomic E-state index is 12.1. The maximum Gasteiger partial charge on any atom is 0.223 e. The molecule has 0 bridgehead atoms. The highest BCUT2D eigenvalue weighted by Crippen LogP contribution is 2.24.